The number of fused-ring (bicyclic) bond motifs is 1. The van der Waals surface area contributed by atoms with Gasteiger partial charge < -0.3 is 9.47 Å². The fraction of sp³-hybridized carbons (Fsp3) is 0.235. The summed E-state index contributed by atoms with van der Waals surface area (Å²) in [6.07, 6.45) is 1.59. The zero-order chi connectivity index (χ0) is 16.6. The molecule has 0 bridgehead atoms. The first-order valence-electron chi connectivity index (χ1n) is 7.35. The predicted octanol–water partition coefficient (Wildman–Crippen LogP) is 3.38. The largest absolute Gasteiger partial charge is 0.342 e. The summed E-state index contributed by atoms with van der Waals surface area (Å²) in [6.45, 7) is 2.57. The maximum atomic E-state index is 12.3. The van der Waals surface area contributed by atoms with Crippen molar-refractivity contribution < 1.29 is 4.79 Å². The lowest BCUT2D eigenvalue weighted by atomic mass is 10.2. The lowest BCUT2D eigenvalue weighted by molar-refractivity contribution is 0.0802. The van der Waals surface area contributed by atoms with Crippen LogP contribution in [0.5, 0.6) is 0 Å². The highest BCUT2D eigenvalue weighted by molar-refractivity contribution is 6.33. The molecule has 1 amide bonds. The SMILES string of the molecule is CCN(C)C(=O)c1cnc2c(c1)nc(-c1ccccc1Cl)n2C. The topological polar surface area (TPSA) is 51.0 Å². The van der Waals surface area contributed by atoms with Crippen LogP contribution in [0.2, 0.25) is 5.02 Å². The molecule has 0 aliphatic heterocycles. The van der Waals surface area contributed by atoms with Crippen LogP contribution in [0.3, 0.4) is 0 Å². The number of aromatic nitrogens is 3. The Morgan fingerprint density at radius 2 is 2.09 bits per heavy atom. The van der Waals surface area contributed by atoms with Crippen molar-refractivity contribution in [3.05, 3.63) is 47.1 Å². The zero-order valence-corrected chi connectivity index (χ0v) is 14.0. The summed E-state index contributed by atoms with van der Waals surface area (Å²) in [4.78, 5) is 22.9. The molecule has 6 heteroatoms. The number of hydrogen-bond acceptors (Lipinski definition) is 3. The second-order valence-corrected chi connectivity index (χ2v) is 5.77. The third-order valence-corrected chi connectivity index (χ3v) is 4.22. The Balaban J connectivity index is 2.12. The van der Waals surface area contributed by atoms with Gasteiger partial charge in [0.2, 0.25) is 0 Å². The van der Waals surface area contributed by atoms with Gasteiger partial charge in [0.05, 0.1) is 10.6 Å². The fourth-order valence-electron chi connectivity index (χ4n) is 2.44. The molecular weight excluding hydrogens is 312 g/mol. The van der Waals surface area contributed by atoms with E-state index in [0.717, 1.165) is 17.0 Å². The first-order valence-corrected chi connectivity index (χ1v) is 7.73. The molecule has 3 aromatic rings. The van der Waals surface area contributed by atoms with Gasteiger partial charge in [-0.15, -0.1) is 0 Å². The number of carbonyl (C=O) groups is 1. The van der Waals surface area contributed by atoms with Gasteiger partial charge in [0.25, 0.3) is 5.91 Å². The molecule has 118 valence electrons. The molecule has 23 heavy (non-hydrogen) atoms. The average Bonchev–Trinajstić information content (AvgIpc) is 2.90. The number of aryl methyl sites for hydroxylation is 1. The van der Waals surface area contributed by atoms with Gasteiger partial charge in [-0.25, -0.2) is 9.97 Å². The van der Waals surface area contributed by atoms with E-state index in [1.165, 1.54) is 0 Å². The van der Waals surface area contributed by atoms with Gasteiger partial charge in [0, 0.05) is 32.4 Å². The van der Waals surface area contributed by atoms with Crippen LogP contribution in [0, 0.1) is 0 Å². The van der Waals surface area contributed by atoms with E-state index >= 15 is 0 Å². The van der Waals surface area contributed by atoms with Crippen molar-refractivity contribution in [1.82, 2.24) is 19.4 Å². The maximum Gasteiger partial charge on any atom is 0.255 e. The highest BCUT2D eigenvalue weighted by Gasteiger charge is 2.16. The smallest absolute Gasteiger partial charge is 0.255 e. The maximum absolute atomic E-state index is 12.3. The molecule has 5 nitrogen and oxygen atoms in total. The van der Waals surface area contributed by atoms with Crippen molar-refractivity contribution in [2.75, 3.05) is 13.6 Å². The molecule has 1 aromatic carbocycles. The Hall–Kier alpha value is -2.40. The summed E-state index contributed by atoms with van der Waals surface area (Å²) < 4.78 is 1.88. The molecule has 0 saturated carbocycles. The van der Waals surface area contributed by atoms with Crippen molar-refractivity contribution >= 4 is 28.7 Å². The van der Waals surface area contributed by atoms with Gasteiger partial charge >= 0.3 is 0 Å². The summed E-state index contributed by atoms with van der Waals surface area (Å²) in [7, 11) is 3.65. The summed E-state index contributed by atoms with van der Waals surface area (Å²) >= 11 is 6.27. The molecule has 0 aliphatic rings. The molecule has 0 unspecified atom stereocenters. The summed E-state index contributed by atoms with van der Waals surface area (Å²) in [5.74, 6) is 0.665. The van der Waals surface area contributed by atoms with E-state index in [0.29, 0.717) is 22.6 Å². The molecule has 0 saturated heterocycles. The number of imidazole rings is 1. The second-order valence-electron chi connectivity index (χ2n) is 5.36. The standard InChI is InChI=1S/C17H17ClN4O/c1-4-21(2)17(23)11-9-14-16(19-10-11)22(3)15(20-14)12-7-5-6-8-13(12)18/h5-10H,4H2,1-3H3. The van der Waals surface area contributed by atoms with E-state index in [1.54, 1.807) is 24.2 Å². The first-order chi connectivity index (χ1) is 11.0. The van der Waals surface area contributed by atoms with Crippen molar-refractivity contribution in [3.8, 4) is 11.4 Å². The van der Waals surface area contributed by atoms with Gasteiger partial charge in [0.15, 0.2) is 5.65 Å². The number of pyridine rings is 1. The molecule has 0 radical (unpaired) electrons. The van der Waals surface area contributed by atoms with Crippen LogP contribution in [0.15, 0.2) is 36.5 Å². The van der Waals surface area contributed by atoms with E-state index in [4.69, 9.17) is 11.6 Å². The number of halogens is 1. The van der Waals surface area contributed by atoms with E-state index in [9.17, 15) is 4.79 Å². The van der Waals surface area contributed by atoms with Gasteiger partial charge in [-0.05, 0) is 25.1 Å². The number of hydrogen-bond donors (Lipinski definition) is 0. The van der Waals surface area contributed by atoms with Gasteiger partial charge in [-0.1, -0.05) is 23.7 Å². The molecule has 2 heterocycles. The lowest BCUT2D eigenvalue weighted by Gasteiger charge is -2.13. The number of benzene rings is 1. The Morgan fingerprint density at radius 3 is 2.78 bits per heavy atom. The Bertz CT molecular complexity index is 887. The molecule has 3 rings (SSSR count). The van der Waals surface area contributed by atoms with Crippen molar-refractivity contribution in [1.29, 1.82) is 0 Å². The molecule has 0 N–H and O–H groups in total. The van der Waals surface area contributed by atoms with E-state index in [1.807, 2.05) is 42.8 Å². The highest BCUT2D eigenvalue weighted by Crippen LogP contribution is 2.28. The molecule has 0 aliphatic carbocycles. The minimum absolute atomic E-state index is 0.0631. The molecule has 2 aromatic heterocycles. The van der Waals surface area contributed by atoms with Crippen LogP contribution in [0.1, 0.15) is 17.3 Å². The number of rotatable bonds is 3. The molecular formula is C17H17ClN4O. The van der Waals surface area contributed by atoms with Crippen molar-refractivity contribution in [2.24, 2.45) is 7.05 Å². The van der Waals surface area contributed by atoms with Gasteiger partial charge in [-0.2, -0.15) is 0 Å². The van der Waals surface area contributed by atoms with Gasteiger partial charge in [0.1, 0.15) is 11.3 Å². The quantitative estimate of drug-likeness (QED) is 0.740. The summed E-state index contributed by atoms with van der Waals surface area (Å²) in [6, 6.07) is 9.32. The van der Waals surface area contributed by atoms with Crippen LogP contribution in [-0.4, -0.2) is 38.9 Å². The minimum Gasteiger partial charge on any atom is -0.342 e. The van der Waals surface area contributed by atoms with Crippen molar-refractivity contribution in [2.45, 2.75) is 6.92 Å². The van der Waals surface area contributed by atoms with E-state index in [-0.39, 0.29) is 5.91 Å². The Labute approximate surface area is 139 Å². The number of nitrogens with zero attached hydrogens (tertiary/aromatic N) is 4. The Morgan fingerprint density at radius 1 is 1.35 bits per heavy atom. The van der Waals surface area contributed by atoms with E-state index < -0.39 is 0 Å². The first kappa shape index (κ1) is 15.5. The normalized spacial score (nSPS) is 11.0. The summed E-state index contributed by atoms with van der Waals surface area (Å²) in [5.41, 5.74) is 2.77. The molecule has 0 fully saturated rings. The third kappa shape index (κ3) is 2.68. The van der Waals surface area contributed by atoms with Crippen LogP contribution in [0.4, 0.5) is 0 Å². The minimum atomic E-state index is -0.0631. The molecule has 0 atom stereocenters. The van der Waals surface area contributed by atoms with Crippen LogP contribution in [0.25, 0.3) is 22.6 Å². The monoisotopic (exact) mass is 328 g/mol. The third-order valence-electron chi connectivity index (χ3n) is 3.89. The predicted molar refractivity (Wildman–Crippen MR) is 91.6 cm³/mol. The average molecular weight is 329 g/mol. The Kier molecular flexibility index (Phi) is 4.05. The fourth-order valence-corrected chi connectivity index (χ4v) is 2.66. The van der Waals surface area contributed by atoms with E-state index in [2.05, 4.69) is 9.97 Å². The van der Waals surface area contributed by atoms with Crippen LogP contribution in [-0.2, 0) is 7.05 Å². The zero-order valence-electron chi connectivity index (χ0n) is 13.2. The van der Waals surface area contributed by atoms with Crippen molar-refractivity contribution in [3.63, 3.8) is 0 Å². The molecule has 0 spiro atoms. The lowest BCUT2D eigenvalue weighted by Crippen LogP contribution is -2.26. The summed E-state index contributed by atoms with van der Waals surface area (Å²) in [5, 5.41) is 0.632. The second kappa shape index (κ2) is 6.01. The highest BCUT2D eigenvalue weighted by atomic mass is 35.5. The van der Waals surface area contributed by atoms with Gasteiger partial charge in [-0.3, -0.25) is 4.79 Å². The number of amides is 1. The van der Waals surface area contributed by atoms with Crippen LogP contribution >= 0.6 is 11.6 Å². The van der Waals surface area contributed by atoms with Crippen LogP contribution < -0.4 is 0 Å². The number of carbonyl (C=O) groups excluding carboxylic acids is 1.